The number of oxazole rings is 1. The minimum atomic E-state index is -0.501. The van der Waals surface area contributed by atoms with Gasteiger partial charge in [-0.15, -0.1) is 0 Å². The zero-order valence-corrected chi connectivity index (χ0v) is 21.7. The second kappa shape index (κ2) is 10.9. The number of nitrogens with one attached hydrogen (secondary N) is 1. The summed E-state index contributed by atoms with van der Waals surface area (Å²) >= 11 is 0. The number of carbonyl (C=O) groups excluding carboxylic acids is 2. The first-order chi connectivity index (χ1) is 18.0. The van der Waals surface area contributed by atoms with Crippen molar-refractivity contribution in [2.45, 2.75) is 77.3 Å². The highest BCUT2D eigenvalue weighted by molar-refractivity contribution is 5.89. The number of para-hydroxylation sites is 2. The quantitative estimate of drug-likeness (QED) is 0.501. The van der Waals surface area contributed by atoms with Gasteiger partial charge in [-0.2, -0.15) is 0 Å². The van der Waals surface area contributed by atoms with Gasteiger partial charge >= 0.3 is 5.76 Å². The Kier molecular flexibility index (Phi) is 7.44. The van der Waals surface area contributed by atoms with Crippen molar-refractivity contribution in [3.05, 3.63) is 58.8 Å². The van der Waals surface area contributed by atoms with Crippen LogP contribution in [0, 0.1) is 11.8 Å². The van der Waals surface area contributed by atoms with Crippen LogP contribution >= 0.6 is 0 Å². The third kappa shape index (κ3) is 5.06. The first-order valence-corrected chi connectivity index (χ1v) is 13.6. The lowest BCUT2D eigenvalue weighted by Gasteiger charge is -2.35. The lowest BCUT2D eigenvalue weighted by molar-refractivity contribution is -0.140. The molecule has 8 heteroatoms. The Balaban J connectivity index is 1.44. The van der Waals surface area contributed by atoms with Gasteiger partial charge < -0.3 is 14.6 Å². The topological polar surface area (TPSA) is 97.4 Å². The number of nitrogens with zero attached hydrogens (tertiary/aromatic N) is 3. The van der Waals surface area contributed by atoms with Gasteiger partial charge in [0.25, 0.3) is 0 Å². The van der Waals surface area contributed by atoms with Crippen LogP contribution in [0.1, 0.15) is 76.8 Å². The molecule has 1 saturated carbocycles. The summed E-state index contributed by atoms with van der Waals surface area (Å²) in [6.45, 7) is 4.55. The van der Waals surface area contributed by atoms with Gasteiger partial charge in [-0.25, -0.2) is 9.36 Å². The van der Waals surface area contributed by atoms with Crippen LogP contribution in [0.5, 0.6) is 0 Å². The van der Waals surface area contributed by atoms with Crippen LogP contribution in [-0.4, -0.2) is 38.9 Å². The molecule has 3 heterocycles. The van der Waals surface area contributed by atoms with Gasteiger partial charge in [-0.1, -0.05) is 45.2 Å². The molecule has 2 amide bonds. The highest BCUT2D eigenvalue weighted by Gasteiger charge is 2.39. The lowest BCUT2D eigenvalue weighted by atomic mass is 9.83. The third-order valence-electron chi connectivity index (χ3n) is 8.15. The van der Waals surface area contributed by atoms with Crippen LogP contribution in [0.3, 0.4) is 0 Å². The van der Waals surface area contributed by atoms with Crippen molar-refractivity contribution in [1.29, 1.82) is 0 Å². The highest BCUT2D eigenvalue weighted by atomic mass is 16.4. The fraction of sp³-hybridized carbons (Fsp3) is 0.517. The van der Waals surface area contributed by atoms with Crippen LogP contribution in [0.4, 0.5) is 0 Å². The van der Waals surface area contributed by atoms with Crippen LogP contribution in [0.15, 0.2) is 51.9 Å². The number of benzene rings is 1. The summed E-state index contributed by atoms with van der Waals surface area (Å²) < 4.78 is 6.94. The SMILES string of the molecule is CCC(C)C(=O)NC(C(=O)N1CCCC1c1cncc(-n2c(=O)oc3ccccc32)c1)C1CCCCC1. The molecule has 5 rings (SSSR count). The van der Waals surface area contributed by atoms with Crippen molar-refractivity contribution < 1.29 is 14.0 Å². The second-order valence-electron chi connectivity index (χ2n) is 10.5. The van der Waals surface area contributed by atoms with E-state index in [0.29, 0.717) is 23.3 Å². The van der Waals surface area contributed by atoms with Gasteiger partial charge in [0.2, 0.25) is 11.8 Å². The van der Waals surface area contributed by atoms with E-state index in [1.807, 2.05) is 43.0 Å². The second-order valence-corrected chi connectivity index (χ2v) is 10.5. The number of aromatic nitrogens is 2. The van der Waals surface area contributed by atoms with E-state index in [-0.39, 0.29) is 29.7 Å². The van der Waals surface area contributed by atoms with E-state index in [9.17, 15) is 14.4 Å². The molecule has 1 aromatic carbocycles. The zero-order valence-electron chi connectivity index (χ0n) is 21.7. The van der Waals surface area contributed by atoms with E-state index in [1.165, 1.54) is 11.0 Å². The molecule has 0 radical (unpaired) electrons. The van der Waals surface area contributed by atoms with Gasteiger partial charge in [0.15, 0.2) is 5.58 Å². The maximum atomic E-state index is 14.0. The molecule has 0 bridgehead atoms. The molecule has 37 heavy (non-hydrogen) atoms. The van der Waals surface area contributed by atoms with Crippen molar-refractivity contribution in [2.75, 3.05) is 6.54 Å². The summed E-state index contributed by atoms with van der Waals surface area (Å²) in [6.07, 6.45) is 11.2. The average molecular weight is 505 g/mol. The van der Waals surface area contributed by atoms with Crippen LogP contribution in [0.25, 0.3) is 16.8 Å². The van der Waals surface area contributed by atoms with Gasteiger partial charge in [0, 0.05) is 18.7 Å². The first-order valence-electron chi connectivity index (χ1n) is 13.6. The van der Waals surface area contributed by atoms with Crippen molar-refractivity contribution in [1.82, 2.24) is 19.8 Å². The Labute approximate surface area is 217 Å². The predicted molar refractivity (Wildman–Crippen MR) is 141 cm³/mol. The fourth-order valence-electron chi connectivity index (χ4n) is 5.85. The summed E-state index contributed by atoms with van der Waals surface area (Å²) in [4.78, 5) is 45.9. The number of likely N-dealkylation sites (tertiary alicyclic amines) is 1. The third-order valence-corrected chi connectivity index (χ3v) is 8.15. The monoisotopic (exact) mass is 504 g/mol. The number of carbonyl (C=O) groups is 2. The number of hydrogen-bond donors (Lipinski definition) is 1. The van der Waals surface area contributed by atoms with Crippen LogP contribution in [-0.2, 0) is 9.59 Å². The Bertz CT molecular complexity index is 1320. The molecule has 2 aromatic heterocycles. The molecule has 1 aliphatic heterocycles. The number of hydrogen-bond acceptors (Lipinski definition) is 5. The van der Waals surface area contributed by atoms with Gasteiger partial charge in [0.05, 0.1) is 23.4 Å². The van der Waals surface area contributed by atoms with Gasteiger partial charge in [-0.05, 0) is 61.8 Å². The molecular formula is C29H36N4O4. The Morgan fingerprint density at radius 2 is 1.89 bits per heavy atom. The average Bonchev–Trinajstić information content (AvgIpc) is 3.55. The molecule has 3 atom stereocenters. The van der Waals surface area contributed by atoms with Crippen LogP contribution in [0.2, 0.25) is 0 Å². The maximum absolute atomic E-state index is 14.0. The molecule has 8 nitrogen and oxygen atoms in total. The molecule has 196 valence electrons. The van der Waals surface area contributed by atoms with Crippen LogP contribution < -0.4 is 11.1 Å². The number of fused-ring (bicyclic) bond motifs is 1. The molecule has 2 aliphatic rings. The van der Waals surface area contributed by atoms with E-state index < -0.39 is 11.8 Å². The number of amides is 2. The largest absolute Gasteiger partial charge is 0.424 e. The predicted octanol–water partition coefficient (Wildman–Crippen LogP) is 4.75. The van der Waals surface area contributed by atoms with Crippen molar-refractivity contribution in [2.24, 2.45) is 11.8 Å². The summed E-state index contributed by atoms with van der Waals surface area (Å²) in [6, 6.07) is 8.57. The standard InChI is InChI=1S/C29H36N4O4/c1-3-19(2)27(34)31-26(20-10-5-4-6-11-20)28(35)32-15-9-13-23(32)21-16-22(18-30-17-21)33-24-12-7-8-14-25(24)37-29(33)36/h7-8,12,14,16-20,23,26H,3-6,9-11,13,15H2,1-2H3,(H,31,34). The summed E-state index contributed by atoms with van der Waals surface area (Å²) in [5, 5.41) is 3.14. The van der Waals surface area contributed by atoms with Gasteiger partial charge in [0.1, 0.15) is 6.04 Å². The molecule has 3 aromatic rings. The fourth-order valence-corrected chi connectivity index (χ4v) is 5.85. The van der Waals surface area contributed by atoms with E-state index in [0.717, 1.165) is 50.5 Å². The van der Waals surface area contributed by atoms with Crippen molar-refractivity contribution >= 4 is 22.9 Å². The smallest absolute Gasteiger partial charge is 0.407 e. The minimum absolute atomic E-state index is 0.00221. The molecule has 3 unspecified atom stereocenters. The molecule has 2 fully saturated rings. The number of pyridine rings is 1. The maximum Gasteiger partial charge on any atom is 0.424 e. The zero-order chi connectivity index (χ0) is 25.9. The molecule has 1 N–H and O–H groups in total. The normalized spacial score (nSPS) is 20.2. The van der Waals surface area contributed by atoms with Crippen molar-refractivity contribution in [3.8, 4) is 5.69 Å². The van der Waals surface area contributed by atoms with Gasteiger partial charge in [-0.3, -0.25) is 14.6 Å². The Morgan fingerprint density at radius 1 is 1.11 bits per heavy atom. The Morgan fingerprint density at radius 3 is 2.68 bits per heavy atom. The molecule has 0 spiro atoms. The van der Waals surface area contributed by atoms with E-state index in [2.05, 4.69) is 10.3 Å². The lowest BCUT2D eigenvalue weighted by Crippen LogP contribution is -2.53. The van der Waals surface area contributed by atoms with E-state index in [1.54, 1.807) is 18.5 Å². The highest BCUT2D eigenvalue weighted by Crippen LogP contribution is 2.35. The minimum Gasteiger partial charge on any atom is -0.407 e. The summed E-state index contributed by atoms with van der Waals surface area (Å²) in [7, 11) is 0. The summed E-state index contributed by atoms with van der Waals surface area (Å²) in [5.74, 6) is -0.475. The Hall–Kier alpha value is -3.42. The molecule has 1 saturated heterocycles. The van der Waals surface area contributed by atoms with E-state index in [4.69, 9.17) is 4.42 Å². The summed E-state index contributed by atoms with van der Waals surface area (Å²) in [5.41, 5.74) is 2.69. The van der Waals surface area contributed by atoms with E-state index >= 15 is 0 Å². The van der Waals surface area contributed by atoms with Crippen molar-refractivity contribution in [3.63, 3.8) is 0 Å². The molecular weight excluding hydrogens is 468 g/mol. The first kappa shape index (κ1) is 25.2. The number of rotatable bonds is 7. The molecule has 1 aliphatic carbocycles.